The lowest BCUT2D eigenvalue weighted by Crippen LogP contribution is -1.74. The third-order valence-electron chi connectivity index (χ3n) is 1.37. The molecule has 0 radical (unpaired) electrons. The quantitative estimate of drug-likeness (QED) is 0.656. The molecule has 0 bridgehead atoms. The van der Waals surface area contributed by atoms with Gasteiger partial charge >= 0.3 is 0 Å². The number of aryl methyl sites for hydroxylation is 1. The molecule has 1 aromatic carbocycles. The van der Waals surface area contributed by atoms with E-state index < -0.39 is 0 Å². The van der Waals surface area contributed by atoms with Crippen molar-refractivity contribution < 1.29 is 5.11 Å². The highest BCUT2D eigenvalue weighted by molar-refractivity contribution is 9.10. The molecule has 0 fully saturated rings. The summed E-state index contributed by atoms with van der Waals surface area (Å²) in [6, 6.07) is 3.24. The van der Waals surface area contributed by atoms with E-state index in [4.69, 9.17) is 6.57 Å². The molecule has 0 aliphatic rings. The first-order valence-electron chi connectivity index (χ1n) is 3.01. The largest absolute Gasteiger partial charge is 0.507 e. The minimum Gasteiger partial charge on any atom is -0.507 e. The van der Waals surface area contributed by atoms with Crippen LogP contribution in [0.15, 0.2) is 16.6 Å². The number of phenolic OH excluding ortho intramolecular Hbond substituents is 1. The van der Waals surface area contributed by atoms with E-state index in [0.29, 0.717) is 15.7 Å². The van der Waals surface area contributed by atoms with Crippen molar-refractivity contribution in [3.05, 3.63) is 33.6 Å². The Labute approximate surface area is 73.4 Å². The fraction of sp³-hybridized carbons (Fsp3) is 0.125. The maximum absolute atomic E-state index is 9.28. The molecule has 56 valence electrons. The lowest BCUT2D eigenvalue weighted by molar-refractivity contribution is 0.468. The smallest absolute Gasteiger partial charge is 0.188 e. The lowest BCUT2D eigenvalue weighted by Gasteiger charge is -2.00. The topological polar surface area (TPSA) is 24.6 Å². The van der Waals surface area contributed by atoms with E-state index in [1.807, 2.05) is 0 Å². The summed E-state index contributed by atoms with van der Waals surface area (Å²) in [6.45, 7) is 8.49. The van der Waals surface area contributed by atoms with Crippen molar-refractivity contribution in [2.75, 3.05) is 0 Å². The van der Waals surface area contributed by atoms with Gasteiger partial charge < -0.3 is 5.11 Å². The fourth-order valence-corrected chi connectivity index (χ4v) is 1.33. The van der Waals surface area contributed by atoms with E-state index in [1.165, 1.54) is 0 Å². The highest BCUT2D eigenvalue weighted by Crippen LogP contribution is 2.31. The summed E-state index contributed by atoms with van der Waals surface area (Å²) in [7, 11) is 0. The summed E-state index contributed by atoms with van der Waals surface area (Å²) in [4.78, 5) is 3.24. The van der Waals surface area contributed by atoms with Crippen LogP contribution in [0.5, 0.6) is 5.75 Å². The van der Waals surface area contributed by atoms with Crippen molar-refractivity contribution in [2.45, 2.75) is 6.92 Å². The molecule has 0 saturated carbocycles. The minimum absolute atomic E-state index is 0.206. The first kappa shape index (κ1) is 8.09. The number of aromatic hydroxyl groups is 1. The molecule has 0 heterocycles. The number of halogens is 1. The van der Waals surface area contributed by atoms with Gasteiger partial charge in [-0.15, -0.1) is 0 Å². The second kappa shape index (κ2) is 2.93. The average Bonchev–Trinajstić information content (AvgIpc) is 1.99. The molecule has 3 heteroatoms. The van der Waals surface area contributed by atoms with Gasteiger partial charge in [-0.25, -0.2) is 4.85 Å². The number of hydrogen-bond donors (Lipinski definition) is 1. The molecule has 11 heavy (non-hydrogen) atoms. The molecular weight excluding hydrogens is 206 g/mol. The summed E-state index contributed by atoms with van der Waals surface area (Å²) in [5.74, 6) is 0.206. The van der Waals surface area contributed by atoms with Crippen LogP contribution < -0.4 is 0 Å². The molecule has 0 saturated heterocycles. The highest BCUT2D eigenvalue weighted by atomic mass is 79.9. The Morgan fingerprint density at radius 3 is 2.64 bits per heavy atom. The Morgan fingerprint density at radius 2 is 2.18 bits per heavy atom. The van der Waals surface area contributed by atoms with Crippen LogP contribution in [0.4, 0.5) is 5.69 Å². The van der Waals surface area contributed by atoms with Crippen LogP contribution in [-0.4, -0.2) is 5.11 Å². The van der Waals surface area contributed by atoms with E-state index in [0.717, 1.165) is 0 Å². The maximum atomic E-state index is 9.28. The Hall–Kier alpha value is -1.01. The van der Waals surface area contributed by atoms with Gasteiger partial charge in [0.2, 0.25) is 0 Å². The molecule has 1 aromatic rings. The standard InChI is InChI=1S/C8H6BrNO/c1-5-3-6(10-2)4-7(9)8(5)11/h3-4,11H,1H3. The first-order valence-corrected chi connectivity index (χ1v) is 3.81. The molecule has 0 amide bonds. The number of phenols is 1. The lowest BCUT2D eigenvalue weighted by atomic mass is 10.2. The average molecular weight is 212 g/mol. The summed E-state index contributed by atoms with van der Waals surface area (Å²) in [5, 5.41) is 9.28. The zero-order valence-corrected chi connectivity index (χ0v) is 7.51. The van der Waals surface area contributed by atoms with Crippen molar-refractivity contribution >= 4 is 21.6 Å². The normalized spacial score (nSPS) is 9.18. The van der Waals surface area contributed by atoms with E-state index >= 15 is 0 Å². The number of hydrogen-bond acceptors (Lipinski definition) is 1. The zero-order valence-electron chi connectivity index (χ0n) is 5.93. The molecule has 1 rings (SSSR count). The van der Waals surface area contributed by atoms with Crippen LogP contribution in [0.1, 0.15) is 5.56 Å². The predicted molar refractivity (Wildman–Crippen MR) is 46.8 cm³/mol. The predicted octanol–water partition coefficient (Wildman–Crippen LogP) is 3.01. The van der Waals surface area contributed by atoms with Gasteiger partial charge in [-0.3, -0.25) is 0 Å². The third kappa shape index (κ3) is 1.52. The third-order valence-corrected chi connectivity index (χ3v) is 1.97. The fourth-order valence-electron chi connectivity index (χ4n) is 0.783. The molecule has 2 nitrogen and oxygen atoms in total. The van der Waals surface area contributed by atoms with Gasteiger partial charge in [0, 0.05) is 4.47 Å². The number of benzene rings is 1. The highest BCUT2D eigenvalue weighted by Gasteiger charge is 2.02. The summed E-state index contributed by atoms with van der Waals surface area (Å²) < 4.78 is 0.573. The van der Waals surface area contributed by atoms with Crippen molar-refractivity contribution in [1.29, 1.82) is 0 Å². The van der Waals surface area contributed by atoms with Gasteiger partial charge in [0.1, 0.15) is 5.75 Å². The zero-order chi connectivity index (χ0) is 8.43. The molecular formula is C8H6BrNO. The molecule has 0 unspecified atom stereocenters. The molecule has 0 aliphatic heterocycles. The van der Waals surface area contributed by atoms with Crippen LogP contribution >= 0.6 is 15.9 Å². The molecule has 1 N–H and O–H groups in total. The van der Waals surface area contributed by atoms with Crippen molar-refractivity contribution in [2.24, 2.45) is 0 Å². The van der Waals surface area contributed by atoms with E-state index in [1.54, 1.807) is 19.1 Å². The summed E-state index contributed by atoms with van der Waals surface area (Å²) in [6.07, 6.45) is 0. The van der Waals surface area contributed by atoms with Gasteiger partial charge in [-0.1, -0.05) is 0 Å². The number of nitrogens with zero attached hydrogens (tertiary/aromatic N) is 1. The van der Waals surface area contributed by atoms with E-state index in [2.05, 4.69) is 20.8 Å². The Balaban J connectivity index is 3.35. The SMILES string of the molecule is [C-]#[N+]c1cc(C)c(O)c(Br)c1. The Kier molecular flexibility index (Phi) is 2.16. The van der Waals surface area contributed by atoms with Gasteiger partial charge in [-0.05, 0) is 40.5 Å². The van der Waals surface area contributed by atoms with Gasteiger partial charge in [0.05, 0.1) is 6.57 Å². The molecule has 0 aliphatic carbocycles. The van der Waals surface area contributed by atoms with E-state index in [9.17, 15) is 5.11 Å². The van der Waals surface area contributed by atoms with Gasteiger partial charge in [0.15, 0.2) is 5.69 Å². The van der Waals surface area contributed by atoms with E-state index in [-0.39, 0.29) is 5.75 Å². The first-order chi connectivity index (χ1) is 5.15. The summed E-state index contributed by atoms with van der Waals surface area (Å²) in [5.41, 5.74) is 1.25. The van der Waals surface area contributed by atoms with Crippen LogP contribution in [0.3, 0.4) is 0 Å². The van der Waals surface area contributed by atoms with Gasteiger partial charge in [-0.2, -0.15) is 0 Å². The maximum Gasteiger partial charge on any atom is 0.188 e. The number of rotatable bonds is 0. The molecule has 0 spiro atoms. The van der Waals surface area contributed by atoms with Gasteiger partial charge in [0.25, 0.3) is 0 Å². The van der Waals surface area contributed by atoms with Crippen LogP contribution in [0, 0.1) is 13.5 Å². The monoisotopic (exact) mass is 211 g/mol. The van der Waals surface area contributed by atoms with Crippen LogP contribution in [0.25, 0.3) is 4.85 Å². The minimum atomic E-state index is 0.206. The van der Waals surface area contributed by atoms with Crippen molar-refractivity contribution in [3.63, 3.8) is 0 Å². The van der Waals surface area contributed by atoms with Crippen molar-refractivity contribution in [1.82, 2.24) is 0 Å². The Morgan fingerprint density at radius 1 is 1.55 bits per heavy atom. The second-order valence-corrected chi connectivity index (χ2v) is 3.06. The summed E-state index contributed by atoms with van der Waals surface area (Å²) >= 11 is 3.14. The molecule has 0 aromatic heterocycles. The van der Waals surface area contributed by atoms with Crippen LogP contribution in [0.2, 0.25) is 0 Å². The Bertz CT molecular complexity index is 304. The van der Waals surface area contributed by atoms with Crippen LogP contribution in [-0.2, 0) is 0 Å². The van der Waals surface area contributed by atoms with Crippen molar-refractivity contribution in [3.8, 4) is 5.75 Å². The molecule has 0 atom stereocenters. The second-order valence-electron chi connectivity index (χ2n) is 2.20.